The number of anilines is 1. The van der Waals surface area contributed by atoms with Crippen LogP contribution in [0, 0.1) is 0 Å². The maximum absolute atomic E-state index is 12.1. The van der Waals surface area contributed by atoms with Crippen molar-refractivity contribution in [1.82, 2.24) is 14.8 Å². The zero-order chi connectivity index (χ0) is 18.2. The number of aryl methyl sites for hydroxylation is 1. The molecule has 26 heavy (non-hydrogen) atoms. The van der Waals surface area contributed by atoms with Gasteiger partial charge in [0, 0.05) is 12.2 Å². The zero-order valence-corrected chi connectivity index (χ0v) is 15.1. The van der Waals surface area contributed by atoms with Crippen LogP contribution in [0.2, 0.25) is 0 Å². The highest BCUT2D eigenvalue weighted by atomic mass is 32.2. The molecule has 0 saturated heterocycles. The Hall–Kier alpha value is -3.00. The molecule has 1 heterocycles. The smallest absolute Gasteiger partial charge is 0.234 e. The summed E-state index contributed by atoms with van der Waals surface area (Å²) in [5.74, 6) is 0.174. The third-order valence-corrected chi connectivity index (χ3v) is 4.42. The molecule has 0 aliphatic carbocycles. The standard InChI is InChI=1S/C18H18N6OS/c1-2-24-13-19-23-18(24)26-12-17(25)20-14-8-10-16(11-9-14)22-21-15-6-4-3-5-7-15/h3-11,13H,2,12H2,1H3,(H,20,25). The Balaban J connectivity index is 1.52. The van der Waals surface area contributed by atoms with E-state index in [0.29, 0.717) is 5.69 Å². The maximum Gasteiger partial charge on any atom is 0.234 e. The molecule has 3 rings (SSSR count). The molecule has 8 heteroatoms. The summed E-state index contributed by atoms with van der Waals surface area (Å²) >= 11 is 1.36. The lowest BCUT2D eigenvalue weighted by Gasteiger charge is -2.05. The first-order chi connectivity index (χ1) is 12.7. The van der Waals surface area contributed by atoms with Crippen molar-refractivity contribution in [2.24, 2.45) is 10.2 Å². The third-order valence-electron chi connectivity index (χ3n) is 3.44. The molecule has 1 aromatic heterocycles. The van der Waals surface area contributed by atoms with Crippen LogP contribution in [0.3, 0.4) is 0 Å². The zero-order valence-electron chi connectivity index (χ0n) is 14.2. The van der Waals surface area contributed by atoms with Crippen molar-refractivity contribution in [3.8, 4) is 0 Å². The van der Waals surface area contributed by atoms with Crippen LogP contribution in [-0.2, 0) is 11.3 Å². The van der Waals surface area contributed by atoms with Gasteiger partial charge in [0.15, 0.2) is 5.16 Å². The van der Waals surface area contributed by atoms with Gasteiger partial charge in [-0.15, -0.1) is 10.2 Å². The largest absolute Gasteiger partial charge is 0.325 e. The van der Waals surface area contributed by atoms with Crippen molar-refractivity contribution >= 4 is 34.7 Å². The SMILES string of the molecule is CCn1cnnc1SCC(=O)Nc1ccc(N=Nc2ccccc2)cc1. The van der Waals surface area contributed by atoms with Crippen molar-refractivity contribution in [3.63, 3.8) is 0 Å². The van der Waals surface area contributed by atoms with E-state index in [4.69, 9.17) is 0 Å². The monoisotopic (exact) mass is 366 g/mol. The lowest BCUT2D eigenvalue weighted by atomic mass is 10.3. The number of nitrogens with zero attached hydrogens (tertiary/aromatic N) is 5. The maximum atomic E-state index is 12.1. The molecule has 0 radical (unpaired) electrons. The molecule has 0 aliphatic rings. The minimum Gasteiger partial charge on any atom is -0.325 e. The minimum atomic E-state index is -0.0979. The molecule has 2 aromatic carbocycles. The van der Waals surface area contributed by atoms with Crippen LogP contribution in [0.4, 0.5) is 17.1 Å². The second-order valence-electron chi connectivity index (χ2n) is 5.32. The molecule has 0 saturated carbocycles. The van der Waals surface area contributed by atoms with E-state index in [1.807, 2.05) is 54.0 Å². The number of azo groups is 1. The Kier molecular flexibility index (Phi) is 6.10. The van der Waals surface area contributed by atoms with Gasteiger partial charge in [0.05, 0.1) is 17.1 Å². The third kappa shape index (κ3) is 5.00. The number of hydrogen-bond acceptors (Lipinski definition) is 6. The number of carbonyl (C=O) groups excluding carboxylic acids is 1. The van der Waals surface area contributed by atoms with E-state index in [-0.39, 0.29) is 11.7 Å². The van der Waals surface area contributed by atoms with E-state index in [1.165, 1.54) is 11.8 Å². The molecular formula is C18H18N6OS. The van der Waals surface area contributed by atoms with Crippen molar-refractivity contribution in [3.05, 3.63) is 60.9 Å². The van der Waals surface area contributed by atoms with Gasteiger partial charge in [-0.1, -0.05) is 30.0 Å². The average molecular weight is 366 g/mol. The fraction of sp³-hybridized carbons (Fsp3) is 0.167. The average Bonchev–Trinajstić information content (AvgIpc) is 3.14. The molecule has 0 spiro atoms. The number of rotatable bonds is 7. The second-order valence-corrected chi connectivity index (χ2v) is 6.26. The van der Waals surface area contributed by atoms with Crippen LogP contribution < -0.4 is 5.32 Å². The number of carbonyl (C=O) groups is 1. The summed E-state index contributed by atoms with van der Waals surface area (Å²) in [6.45, 7) is 2.78. The lowest BCUT2D eigenvalue weighted by molar-refractivity contribution is -0.113. The van der Waals surface area contributed by atoms with E-state index in [2.05, 4.69) is 25.7 Å². The van der Waals surface area contributed by atoms with E-state index < -0.39 is 0 Å². The van der Waals surface area contributed by atoms with Crippen LogP contribution in [-0.4, -0.2) is 26.4 Å². The number of aromatic nitrogens is 3. The Morgan fingerprint density at radius 1 is 1.08 bits per heavy atom. The van der Waals surface area contributed by atoms with Gasteiger partial charge in [-0.05, 0) is 43.3 Å². The highest BCUT2D eigenvalue weighted by Crippen LogP contribution is 2.20. The number of nitrogens with one attached hydrogen (secondary N) is 1. The fourth-order valence-corrected chi connectivity index (χ4v) is 2.90. The predicted molar refractivity (Wildman–Crippen MR) is 102 cm³/mol. The molecule has 0 bridgehead atoms. The molecule has 1 N–H and O–H groups in total. The second kappa shape index (κ2) is 8.91. The Bertz CT molecular complexity index is 876. The first-order valence-electron chi connectivity index (χ1n) is 8.12. The van der Waals surface area contributed by atoms with Gasteiger partial charge in [0.1, 0.15) is 6.33 Å². The Morgan fingerprint density at radius 2 is 1.77 bits per heavy atom. The van der Waals surface area contributed by atoms with Gasteiger partial charge in [-0.2, -0.15) is 10.2 Å². The highest BCUT2D eigenvalue weighted by molar-refractivity contribution is 7.99. The van der Waals surface area contributed by atoms with Gasteiger partial charge in [-0.25, -0.2) is 0 Å². The van der Waals surface area contributed by atoms with Gasteiger partial charge in [0.25, 0.3) is 0 Å². The molecule has 132 valence electrons. The predicted octanol–water partition coefficient (Wildman–Crippen LogP) is 4.44. The van der Waals surface area contributed by atoms with Gasteiger partial charge >= 0.3 is 0 Å². The van der Waals surface area contributed by atoms with Crippen LogP contribution >= 0.6 is 11.8 Å². The molecule has 7 nitrogen and oxygen atoms in total. The summed E-state index contributed by atoms with van der Waals surface area (Å²) in [5.41, 5.74) is 2.23. The van der Waals surface area contributed by atoms with E-state index in [9.17, 15) is 4.79 Å². The summed E-state index contributed by atoms with van der Waals surface area (Å²) in [7, 11) is 0. The van der Waals surface area contributed by atoms with Crippen molar-refractivity contribution in [2.45, 2.75) is 18.6 Å². The Labute approximate surface area is 155 Å². The number of amides is 1. The first kappa shape index (κ1) is 17.8. The summed E-state index contributed by atoms with van der Waals surface area (Å²) in [6.07, 6.45) is 1.66. The Morgan fingerprint density at radius 3 is 2.46 bits per heavy atom. The van der Waals surface area contributed by atoms with Gasteiger partial charge in [0.2, 0.25) is 5.91 Å². The fourth-order valence-electron chi connectivity index (χ4n) is 2.12. The van der Waals surface area contributed by atoms with Gasteiger partial charge in [-0.3, -0.25) is 4.79 Å². The molecule has 1 amide bonds. The van der Waals surface area contributed by atoms with Gasteiger partial charge < -0.3 is 9.88 Å². The van der Waals surface area contributed by atoms with E-state index >= 15 is 0 Å². The van der Waals surface area contributed by atoms with E-state index in [0.717, 1.165) is 23.1 Å². The van der Waals surface area contributed by atoms with Crippen molar-refractivity contribution in [2.75, 3.05) is 11.1 Å². The van der Waals surface area contributed by atoms with Crippen LogP contribution in [0.15, 0.2) is 76.3 Å². The van der Waals surface area contributed by atoms with Crippen LogP contribution in [0.5, 0.6) is 0 Å². The van der Waals surface area contributed by atoms with Crippen LogP contribution in [0.25, 0.3) is 0 Å². The van der Waals surface area contributed by atoms with Crippen molar-refractivity contribution < 1.29 is 4.79 Å². The van der Waals surface area contributed by atoms with Crippen LogP contribution in [0.1, 0.15) is 6.92 Å². The van der Waals surface area contributed by atoms with E-state index in [1.54, 1.807) is 18.5 Å². The summed E-state index contributed by atoms with van der Waals surface area (Å²) < 4.78 is 1.89. The molecule has 0 aliphatic heterocycles. The summed E-state index contributed by atoms with van der Waals surface area (Å²) in [4.78, 5) is 12.1. The number of hydrogen-bond donors (Lipinski definition) is 1. The lowest BCUT2D eigenvalue weighted by Crippen LogP contribution is -2.14. The summed E-state index contributed by atoms with van der Waals surface area (Å²) in [6, 6.07) is 16.7. The topological polar surface area (TPSA) is 84.5 Å². The molecular weight excluding hydrogens is 348 g/mol. The number of benzene rings is 2. The quantitative estimate of drug-likeness (QED) is 0.495. The molecule has 0 fully saturated rings. The van der Waals surface area contributed by atoms with Crippen molar-refractivity contribution in [1.29, 1.82) is 0 Å². The molecule has 3 aromatic rings. The molecule has 0 atom stereocenters. The first-order valence-corrected chi connectivity index (χ1v) is 9.10. The normalized spacial score (nSPS) is 11.0. The highest BCUT2D eigenvalue weighted by Gasteiger charge is 2.08. The molecule has 0 unspecified atom stereocenters. The minimum absolute atomic E-state index is 0.0979. The number of thioether (sulfide) groups is 1. The summed E-state index contributed by atoms with van der Waals surface area (Å²) in [5, 5.41) is 19.8.